The average molecular weight is 413 g/mol. The topological polar surface area (TPSA) is 102 Å². The van der Waals surface area contributed by atoms with E-state index in [9.17, 15) is 8.42 Å². The minimum Gasteiger partial charge on any atom is -0.324 e. The highest BCUT2D eigenvalue weighted by Gasteiger charge is 2.11. The van der Waals surface area contributed by atoms with Crippen molar-refractivity contribution in [2.24, 2.45) is 0 Å². The number of hydrogen-bond acceptors (Lipinski definition) is 6. The van der Waals surface area contributed by atoms with Crippen LogP contribution in [-0.4, -0.2) is 28.2 Å². The first kappa shape index (κ1) is 20.7. The monoisotopic (exact) mass is 412 g/mol. The molecule has 0 aliphatic rings. The van der Waals surface area contributed by atoms with Crippen molar-refractivity contribution in [2.45, 2.75) is 33.4 Å². The summed E-state index contributed by atoms with van der Waals surface area (Å²) in [5.41, 5.74) is 4.35. The number of hydrogen-bond donors (Lipinski definition) is 2. The summed E-state index contributed by atoms with van der Waals surface area (Å²) in [6.45, 7) is 9.57. The number of nitrogens with one attached hydrogen (secondary N) is 2. The van der Waals surface area contributed by atoms with Crippen LogP contribution in [0.3, 0.4) is 0 Å². The molecule has 0 amide bonds. The molecule has 0 fully saturated rings. The predicted octanol–water partition coefficient (Wildman–Crippen LogP) is 3.54. The van der Waals surface area contributed by atoms with E-state index in [1.165, 1.54) is 0 Å². The van der Waals surface area contributed by atoms with E-state index >= 15 is 0 Å². The van der Waals surface area contributed by atoms with Gasteiger partial charge in [-0.3, -0.25) is 4.68 Å². The van der Waals surface area contributed by atoms with E-state index in [-0.39, 0.29) is 12.6 Å². The van der Waals surface area contributed by atoms with Gasteiger partial charge in [-0.2, -0.15) is 5.10 Å². The van der Waals surface area contributed by atoms with Crippen LogP contribution >= 0.6 is 0 Å². The maximum absolute atomic E-state index is 11.4. The zero-order chi connectivity index (χ0) is 21.0. The minimum absolute atomic E-state index is 0.194. The Morgan fingerprint density at radius 3 is 2.55 bits per heavy atom. The van der Waals surface area contributed by atoms with Crippen LogP contribution < -0.4 is 10.0 Å². The second-order valence-corrected chi connectivity index (χ2v) is 8.59. The highest BCUT2D eigenvalue weighted by molar-refractivity contribution is 7.92. The van der Waals surface area contributed by atoms with E-state index in [1.807, 2.05) is 42.1 Å². The van der Waals surface area contributed by atoms with Crippen LogP contribution in [0, 0.1) is 6.92 Å². The molecule has 0 aliphatic heterocycles. The Morgan fingerprint density at radius 1 is 1.21 bits per heavy atom. The first-order chi connectivity index (χ1) is 13.8. The number of aryl methyl sites for hydroxylation is 1. The molecule has 9 heteroatoms. The number of aromatic nitrogens is 4. The van der Waals surface area contributed by atoms with Gasteiger partial charge in [0.1, 0.15) is 0 Å². The summed E-state index contributed by atoms with van der Waals surface area (Å²) in [6.07, 6.45) is 5.55. The molecule has 0 saturated carbocycles. The lowest BCUT2D eigenvalue weighted by molar-refractivity contribution is 0.532. The van der Waals surface area contributed by atoms with Gasteiger partial charge in [-0.05, 0) is 44.0 Å². The van der Waals surface area contributed by atoms with Gasteiger partial charge in [0, 0.05) is 41.6 Å². The summed E-state index contributed by atoms with van der Waals surface area (Å²) in [4.78, 5) is 8.99. The van der Waals surface area contributed by atoms with Crippen molar-refractivity contribution in [3.63, 3.8) is 0 Å². The SMILES string of the molecule is C=CS(=O)(=O)NCc1ccc(Nc2ncc(C)c(-c3cnn(C(C)C)c3)n2)cc1. The fraction of sp³-hybridized carbons (Fsp3) is 0.250. The van der Waals surface area contributed by atoms with Gasteiger partial charge in [-0.1, -0.05) is 18.7 Å². The molecule has 152 valence electrons. The minimum atomic E-state index is -3.44. The normalized spacial score (nSPS) is 11.6. The second kappa shape index (κ2) is 8.54. The van der Waals surface area contributed by atoms with E-state index in [4.69, 9.17) is 0 Å². The summed E-state index contributed by atoms with van der Waals surface area (Å²) in [5.74, 6) is 0.475. The van der Waals surface area contributed by atoms with Gasteiger partial charge in [0.05, 0.1) is 11.9 Å². The molecule has 2 heterocycles. The molecular formula is C20H24N6O2S. The van der Waals surface area contributed by atoms with E-state index < -0.39 is 10.0 Å². The van der Waals surface area contributed by atoms with Gasteiger partial charge in [-0.25, -0.2) is 23.1 Å². The van der Waals surface area contributed by atoms with Gasteiger partial charge in [0.15, 0.2) is 0 Å². The molecule has 0 saturated heterocycles. The second-order valence-electron chi connectivity index (χ2n) is 6.88. The lowest BCUT2D eigenvalue weighted by Crippen LogP contribution is -2.20. The van der Waals surface area contributed by atoms with E-state index in [0.717, 1.165) is 33.5 Å². The smallest absolute Gasteiger partial charge is 0.233 e. The lowest BCUT2D eigenvalue weighted by atomic mass is 10.1. The van der Waals surface area contributed by atoms with Crippen LogP contribution in [0.2, 0.25) is 0 Å². The molecule has 0 bridgehead atoms. The Bertz CT molecular complexity index is 1100. The molecule has 2 N–H and O–H groups in total. The predicted molar refractivity (Wildman–Crippen MR) is 114 cm³/mol. The van der Waals surface area contributed by atoms with Crippen molar-refractivity contribution < 1.29 is 8.42 Å². The Labute approximate surface area is 170 Å². The first-order valence-corrected chi connectivity index (χ1v) is 10.7. The van der Waals surface area contributed by atoms with Gasteiger partial charge >= 0.3 is 0 Å². The summed E-state index contributed by atoms with van der Waals surface area (Å²) >= 11 is 0. The molecule has 3 rings (SSSR count). The molecule has 1 aromatic carbocycles. The fourth-order valence-corrected chi connectivity index (χ4v) is 3.10. The lowest BCUT2D eigenvalue weighted by Gasteiger charge is -2.09. The molecule has 0 unspecified atom stereocenters. The van der Waals surface area contributed by atoms with Gasteiger partial charge in [0.2, 0.25) is 16.0 Å². The van der Waals surface area contributed by atoms with Crippen molar-refractivity contribution >= 4 is 21.7 Å². The highest BCUT2D eigenvalue weighted by atomic mass is 32.2. The van der Waals surface area contributed by atoms with Crippen molar-refractivity contribution in [1.29, 1.82) is 0 Å². The Kier molecular flexibility index (Phi) is 6.09. The zero-order valence-electron chi connectivity index (χ0n) is 16.6. The summed E-state index contributed by atoms with van der Waals surface area (Å²) in [5, 5.41) is 8.44. The Hall–Kier alpha value is -3.04. The summed E-state index contributed by atoms with van der Waals surface area (Å²) < 4.78 is 27.2. The first-order valence-electron chi connectivity index (χ1n) is 9.13. The summed E-state index contributed by atoms with van der Waals surface area (Å²) in [7, 11) is -3.44. The molecule has 2 aromatic heterocycles. The van der Waals surface area contributed by atoms with Crippen molar-refractivity contribution in [3.8, 4) is 11.3 Å². The molecular weight excluding hydrogens is 388 g/mol. The molecule has 0 atom stereocenters. The highest BCUT2D eigenvalue weighted by Crippen LogP contribution is 2.23. The molecule has 0 spiro atoms. The largest absolute Gasteiger partial charge is 0.324 e. The molecule has 29 heavy (non-hydrogen) atoms. The third-order valence-electron chi connectivity index (χ3n) is 4.28. The van der Waals surface area contributed by atoms with Crippen LogP contribution in [0.25, 0.3) is 11.3 Å². The van der Waals surface area contributed by atoms with Crippen molar-refractivity contribution in [3.05, 3.63) is 66.0 Å². The third-order valence-corrected chi connectivity index (χ3v) is 5.27. The number of anilines is 2. The quantitative estimate of drug-likeness (QED) is 0.587. The molecule has 3 aromatic rings. The maximum Gasteiger partial charge on any atom is 0.233 e. The van der Waals surface area contributed by atoms with Crippen LogP contribution in [0.15, 0.2) is 54.8 Å². The van der Waals surface area contributed by atoms with Crippen molar-refractivity contribution in [1.82, 2.24) is 24.5 Å². The molecule has 0 radical (unpaired) electrons. The van der Waals surface area contributed by atoms with E-state index in [2.05, 4.69) is 45.5 Å². The maximum atomic E-state index is 11.4. The molecule has 8 nitrogen and oxygen atoms in total. The molecule has 0 aliphatic carbocycles. The van der Waals surface area contributed by atoms with Crippen LogP contribution in [-0.2, 0) is 16.6 Å². The fourth-order valence-electron chi connectivity index (χ4n) is 2.62. The third kappa shape index (κ3) is 5.27. The summed E-state index contributed by atoms with van der Waals surface area (Å²) in [6, 6.07) is 7.62. The number of rotatable bonds is 8. The Balaban J connectivity index is 1.74. The van der Waals surface area contributed by atoms with Crippen LogP contribution in [0.5, 0.6) is 0 Å². The van der Waals surface area contributed by atoms with Gasteiger partial charge < -0.3 is 5.32 Å². The average Bonchev–Trinajstić information content (AvgIpc) is 3.19. The van der Waals surface area contributed by atoms with Gasteiger partial charge in [-0.15, -0.1) is 0 Å². The number of nitrogens with zero attached hydrogens (tertiary/aromatic N) is 4. The van der Waals surface area contributed by atoms with Gasteiger partial charge in [0.25, 0.3) is 0 Å². The number of benzene rings is 1. The van der Waals surface area contributed by atoms with Crippen LogP contribution in [0.4, 0.5) is 11.6 Å². The zero-order valence-corrected chi connectivity index (χ0v) is 17.4. The number of sulfonamides is 1. The van der Waals surface area contributed by atoms with Crippen LogP contribution in [0.1, 0.15) is 31.0 Å². The Morgan fingerprint density at radius 2 is 1.93 bits per heavy atom. The standard InChI is InChI=1S/C20H24N6O2S/c1-5-29(27,28)23-11-16-6-8-18(9-7-16)24-20-21-10-15(4)19(25-20)17-12-22-26(13-17)14(2)3/h5-10,12-14,23H,1,11H2,2-4H3,(H,21,24,25). The van der Waals surface area contributed by atoms with Crippen molar-refractivity contribution in [2.75, 3.05) is 5.32 Å². The van der Waals surface area contributed by atoms with E-state index in [1.54, 1.807) is 12.4 Å². The van der Waals surface area contributed by atoms with E-state index in [0.29, 0.717) is 5.95 Å².